The number of nitrogens with zero attached hydrogens (tertiary/aromatic N) is 2. The fourth-order valence-electron chi connectivity index (χ4n) is 3.35. The molecule has 0 unspecified atom stereocenters. The molecule has 0 atom stereocenters. The van der Waals surface area contributed by atoms with Gasteiger partial charge in [0.25, 0.3) is 0 Å². The molecule has 10 heteroatoms. The lowest BCUT2D eigenvalue weighted by atomic mass is 9.91. The number of primary amides is 1. The van der Waals surface area contributed by atoms with Crippen molar-refractivity contribution in [3.63, 3.8) is 0 Å². The normalized spacial score (nSPS) is 10.6. The summed E-state index contributed by atoms with van der Waals surface area (Å²) in [4.78, 5) is 61.1. The van der Waals surface area contributed by atoms with Crippen LogP contribution in [0.3, 0.4) is 0 Å². The number of rotatable bonds is 10. The second-order valence-corrected chi connectivity index (χ2v) is 7.77. The van der Waals surface area contributed by atoms with Crippen LogP contribution < -0.4 is 16.5 Å². The summed E-state index contributed by atoms with van der Waals surface area (Å²) in [6, 6.07) is 18.8. The van der Waals surface area contributed by atoms with Crippen LogP contribution in [0.5, 0.6) is 0 Å². The van der Waals surface area contributed by atoms with Gasteiger partial charge in [0.05, 0.1) is 6.54 Å². The number of imide groups is 1. The molecule has 0 aliphatic heterocycles. The van der Waals surface area contributed by atoms with Gasteiger partial charge in [-0.05, 0) is 17.5 Å². The number of benzene rings is 2. The molecular weight excluding hydrogens is 450 g/mol. The average Bonchev–Trinajstić information content (AvgIpc) is 2.87. The maximum Gasteiger partial charge on any atom is 0.328 e. The third-order valence-electron chi connectivity index (χ3n) is 5.23. The largest absolute Gasteiger partial charge is 0.361 e. The molecule has 0 aliphatic rings. The Hall–Kier alpha value is -4.05. The number of carbonyl (C=O) groups excluding carboxylic acids is 5. The van der Waals surface area contributed by atoms with Crippen LogP contribution in [0.15, 0.2) is 60.7 Å². The van der Waals surface area contributed by atoms with Crippen molar-refractivity contribution >= 4 is 29.5 Å². The van der Waals surface area contributed by atoms with E-state index in [2.05, 4.69) is 5.43 Å². The summed E-state index contributed by atoms with van der Waals surface area (Å²) in [5.41, 5.74) is 9.27. The van der Waals surface area contributed by atoms with E-state index in [1.54, 1.807) is 6.92 Å². The first-order valence-electron chi connectivity index (χ1n) is 11.4. The van der Waals surface area contributed by atoms with Crippen LogP contribution in [-0.4, -0.2) is 52.8 Å². The van der Waals surface area contributed by atoms with E-state index in [0.29, 0.717) is 12.8 Å². The zero-order valence-electron chi connectivity index (χ0n) is 19.9. The van der Waals surface area contributed by atoms with Gasteiger partial charge in [-0.2, -0.15) is 0 Å². The van der Waals surface area contributed by atoms with Crippen molar-refractivity contribution in [2.45, 2.75) is 39.0 Å². The van der Waals surface area contributed by atoms with E-state index < -0.39 is 29.5 Å². The smallest absolute Gasteiger partial charge is 0.328 e. The van der Waals surface area contributed by atoms with Gasteiger partial charge >= 0.3 is 23.6 Å². The van der Waals surface area contributed by atoms with E-state index in [4.69, 9.17) is 5.73 Å². The Morgan fingerprint density at radius 1 is 0.857 bits per heavy atom. The van der Waals surface area contributed by atoms with Crippen molar-refractivity contribution in [3.05, 3.63) is 71.8 Å². The fourth-order valence-corrected chi connectivity index (χ4v) is 3.35. The fraction of sp³-hybridized carbons (Fsp3) is 0.320. The van der Waals surface area contributed by atoms with Crippen LogP contribution in [0.1, 0.15) is 50.2 Å². The lowest BCUT2D eigenvalue weighted by Crippen LogP contribution is -2.61. The number of hydrogen-bond acceptors (Lipinski definition) is 6. The van der Waals surface area contributed by atoms with Crippen LogP contribution in [0.25, 0.3) is 0 Å². The maximum atomic E-state index is 13.1. The van der Waals surface area contributed by atoms with Crippen LogP contribution in [0.4, 0.5) is 0 Å². The van der Waals surface area contributed by atoms with Gasteiger partial charge in [-0.3, -0.25) is 34.7 Å². The molecule has 5 amide bonds. The van der Waals surface area contributed by atoms with E-state index in [9.17, 15) is 24.0 Å². The van der Waals surface area contributed by atoms with Crippen LogP contribution in [0.2, 0.25) is 0 Å². The molecule has 0 saturated heterocycles. The van der Waals surface area contributed by atoms with Crippen LogP contribution in [0, 0.1) is 0 Å². The van der Waals surface area contributed by atoms with Crippen molar-refractivity contribution in [1.29, 1.82) is 0 Å². The van der Waals surface area contributed by atoms with Gasteiger partial charge in [0.2, 0.25) is 5.91 Å². The highest BCUT2D eigenvalue weighted by molar-refractivity contribution is 6.37. The van der Waals surface area contributed by atoms with Crippen molar-refractivity contribution < 1.29 is 24.0 Å². The minimum Gasteiger partial charge on any atom is -0.361 e. The van der Waals surface area contributed by atoms with Gasteiger partial charge in [-0.15, -0.1) is 5.12 Å². The van der Waals surface area contributed by atoms with E-state index in [-0.39, 0.29) is 25.4 Å². The predicted molar refractivity (Wildman–Crippen MR) is 129 cm³/mol. The van der Waals surface area contributed by atoms with Gasteiger partial charge in [0, 0.05) is 18.9 Å². The van der Waals surface area contributed by atoms with Gasteiger partial charge in [-0.25, -0.2) is 5.01 Å². The second kappa shape index (κ2) is 13.6. The summed E-state index contributed by atoms with van der Waals surface area (Å²) in [6.07, 6.45) is 1.18. The highest BCUT2D eigenvalue weighted by Crippen LogP contribution is 2.26. The number of amides is 5. The number of nitrogens with two attached hydrogens (primary N) is 1. The Morgan fingerprint density at radius 2 is 1.40 bits per heavy atom. The van der Waals surface area contributed by atoms with Gasteiger partial charge in [0.1, 0.15) is 0 Å². The molecule has 2 aromatic rings. The topological polar surface area (TPSA) is 142 Å². The Morgan fingerprint density at radius 3 is 1.86 bits per heavy atom. The van der Waals surface area contributed by atoms with Gasteiger partial charge in [0.15, 0.2) is 0 Å². The molecule has 0 fully saturated rings. The first-order valence-corrected chi connectivity index (χ1v) is 11.4. The SMILES string of the molecule is CCCCN(C(=O)C(=O)NC(=O)CC)N(CC(c1ccccc1)c1ccccc1)NC(=O)C(N)=O. The van der Waals surface area contributed by atoms with E-state index in [1.165, 1.54) is 0 Å². The lowest BCUT2D eigenvalue weighted by molar-refractivity contribution is -0.168. The first-order chi connectivity index (χ1) is 16.8. The summed E-state index contributed by atoms with van der Waals surface area (Å²) in [5.74, 6) is -5.56. The van der Waals surface area contributed by atoms with Crippen molar-refractivity contribution in [2.75, 3.05) is 13.1 Å². The Labute approximate surface area is 204 Å². The van der Waals surface area contributed by atoms with E-state index in [1.807, 2.05) is 72.9 Å². The second-order valence-electron chi connectivity index (χ2n) is 7.77. The number of carbonyl (C=O) groups is 5. The summed E-state index contributed by atoms with van der Waals surface area (Å²) < 4.78 is 0. The third-order valence-corrected chi connectivity index (χ3v) is 5.23. The summed E-state index contributed by atoms with van der Waals surface area (Å²) in [5, 5.41) is 4.19. The molecule has 10 nitrogen and oxygen atoms in total. The number of hydrogen-bond donors (Lipinski definition) is 3. The molecule has 0 aromatic heterocycles. The van der Waals surface area contributed by atoms with Gasteiger partial charge in [-0.1, -0.05) is 80.9 Å². The third kappa shape index (κ3) is 8.04. The molecule has 186 valence electrons. The van der Waals surface area contributed by atoms with Crippen molar-refractivity contribution in [3.8, 4) is 0 Å². The molecule has 0 saturated carbocycles. The number of nitrogens with one attached hydrogen (secondary N) is 2. The van der Waals surface area contributed by atoms with Crippen molar-refractivity contribution in [2.24, 2.45) is 5.73 Å². The number of unbranched alkanes of at least 4 members (excludes halogenated alkanes) is 1. The Kier molecular flexibility index (Phi) is 10.6. The minimum atomic E-state index is -1.25. The van der Waals surface area contributed by atoms with Gasteiger partial charge < -0.3 is 5.73 Å². The Balaban J connectivity index is 2.49. The summed E-state index contributed by atoms with van der Waals surface area (Å²) in [7, 11) is 0. The summed E-state index contributed by atoms with van der Waals surface area (Å²) in [6.45, 7) is 3.49. The standard InChI is InChI=1S/C25H31N5O5/c1-3-5-16-29(25(35)24(34)27-21(31)4-2)30(28-23(33)22(26)32)17-20(18-12-8-6-9-13-18)19-14-10-7-11-15-19/h6-15,20H,3-5,16-17H2,1-2H3,(H2,26,32)(H,28,33)(H,27,31,34). The Bertz CT molecular complexity index is 990. The molecule has 35 heavy (non-hydrogen) atoms. The molecule has 0 radical (unpaired) electrons. The molecular formula is C25H31N5O5. The summed E-state index contributed by atoms with van der Waals surface area (Å²) >= 11 is 0. The monoisotopic (exact) mass is 481 g/mol. The number of hydrazine groups is 2. The van der Waals surface area contributed by atoms with Crippen LogP contribution in [-0.2, 0) is 24.0 Å². The quantitative estimate of drug-likeness (QED) is 0.344. The van der Waals surface area contributed by atoms with E-state index >= 15 is 0 Å². The molecule has 0 heterocycles. The molecule has 4 N–H and O–H groups in total. The predicted octanol–water partition coefficient (Wildman–Crippen LogP) is 1.23. The minimum absolute atomic E-state index is 0.00248. The molecule has 0 spiro atoms. The highest BCUT2D eigenvalue weighted by Gasteiger charge is 2.32. The molecule has 2 aromatic carbocycles. The van der Waals surface area contributed by atoms with Crippen molar-refractivity contribution in [1.82, 2.24) is 20.9 Å². The highest BCUT2D eigenvalue weighted by atomic mass is 16.2. The van der Waals surface area contributed by atoms with Crippen LogP contribution >= 0.6 is 0 Å². The maximum absolute atomic E-state index is 13.1. The van der Waals surface area contributed by atoms with E-state index in [0.717, 1.165) is 21.3 Å². The first kappa shape index (κ1) is 27.2. The molecule has 0 bridgehead atoms. The average molecular weight is 482 g/mol. The molecule has 0 aliphatic carbocycles. The lowest BCUT2D eigenvalue weighted by Gasteiger charge is -2.36. The molecule has 2 rings (SSSR count). The zero-order valence-corrected chi connectivity index (χ0v) is 19.9. The zero-order chi connectivity index (χ0) is 25.8.